The fraction of sp³-hybridized carbons (Fsp3) is 0.333. The first-order chi connectivity index (χ1) is 12.5. The molecule has 0 aliphatic heterocycles. The zero-order valence-corrected chi connectivity index (χ0v) is 16.9. The quantitative estimate of drug-likeness (QED) is 0.684. The van der Waals surface area contributed by atoms with Crippen molar-refractivity contribution in [3.63, 3.8) is 0 Å². The van der Waals surface area contributed by atoms with Gasteiger partial charge in [0.05, 0.1) is 6.54 Å². The minimum absolute atomic E-state index is 0.00626. The molecule has 0 aromatic heterocycles. The summed E-state index contributed by atoms with van der Waals surface area (Å²) in [7, 11) is 0. The number of aryl methyl sites for hydroxylation is 2. The molecule has 0 atom stereocenters. The molecule has 2 rings (SSSR count). The zero-order valence-electron chi connectivity index (χ0n) is 15.3. The highest BCUT2D eigenvalue weighted by Gasteiger charge is 2.17. The monoisotopic (exact) mass is 416 g/mol. The van der Waals surface area contributed by atoms with Crippen LogP contribution in [0.1, 0.15) is 30.9 Å². The van der Waals surface area contributed by atoms with Gasteiger partial charge in [-0.2, -0.15) is 0 Å². The number of halogens is 1. The summed E-state index contributed by atoms with van der Waals surface area (Å²) < 4.78 is 1.01. The number of nitrogens with zero attached hydrogens (tertiary/aromatic N) is 1. The molecular weight excluding hydrogens is 392 g/mol. The van der Waals surface area contributed by atoms with Crippen molar-refractivity contribution in [1.29, 1.82) is 0 Å². The third-order valence-electron chi connectivity index (χ3n) is 4.12. The number of hydrogen-bond donors (Lipinski definition) is 1. The molecule has 2 amide bonds. The van der Waals surface area contributed by atoms with E-state index in [-0.39, 0.29) is 18.4 Å². The van der Waals surface area contributed by atoms with E-state index >= 15 is 0 Å². The van der Waals surface area contributed by atoms with Gasteiger partial charge in [0.15, 0.2) is 0 Å². The normalized spacial score (nSPS) is 10.4. The maximum Gasteiger partial charge on any atom is 0.244 e. The third kappa shape index (κ3) is 6.30. The molecule has 4 nitrogen and oxygen atoms in total. The van der Waals surface area contributed by atoms with Crippen molar-refractivity contribution in [2.75, 3.05) is 18.4 Å². The Bertz CT molecular complexity index is 761. The van der Waals surface area contributed by atoms with Crippen LogP contribution in [-0.2, 0) is 16.0 Å². The van der Waals surface area contributed by atoms with Crippen molar-refractivity contribution >= 4 is 33.4 Å². The standard InChI is InChI=1S/C21H25BrN2O2/c1-3-13-24(15-20(25)23-19-10-5-4-7-16(19)2)21(26)12-11-17-8-6-9-18(22)14-17/h4-10,14H,3,11-13,15H2,1-2H3,(H,23,25). The molecule has 1 N–H and O–H groups in total. The summed E-state index contributed by atoms with van der Waals surface area (Å²) in [6.07, 6.45) is 1.88. The number of benzene rings is 2. The Morgan fingerprint density at radius 3 is 2.58 bits per heavy atom. The van der Waals surface area contributed by atoms with Crippen LogP contribution in [0.15, 0.2) is 53.0 Å². The number of carbonyl (C=O) groups is 2. The van der Waals surface area contributed by atoms with Crippen molar-refractivity contribution in [3.8, 4) is 0 Å². The smallest absolute Gasteiger partial charge is 0.244 e. The third-order valence-corrected chi connectivity index (χ3v) is 4.61. The maximum absolute atomic E-state index is 12.6. The minimum atomic E-state index is -0.163. The highest BCUT2D eigenvalue weighted by Crippen LogP contribution is 2.15. The predicted octanol–water partition coefficient (Wildman–Crippen LogP) is 4.57. The van der Waals surface area contributed by atoms with Gasteiger partial charge in [0.25, 0.3) is 0 Å². The molecule has 0 spiro atoms. The number of carbonyl (C=O) groups excluding carboxylic acids is 2. The van der Waals surface area contributed by atoms with E-state index in [0.29, 0.717) is 19.4 Å². The highest BCUT2D eigenvalue weighted by atomic mass is 79.9. The van der Waals surface area contributed by atoms with Gasteiger partial charge < -0.3 is 10.2 Å². The Labute approximate surface area is 163 Å². The van der Waals surface area contributed by atoms with Gasteiger partial charge in [-0.3, -0.25) is 9.59 Å². The first kappa shape index (κ1) is 20.2. The van der Waals surface area contributed by atoms with Crippen LogP contribution in [0.3, 0.4) is 0 Å². The first-order valence-electron chi connectivity index (χ1n) is 8.87. The van der Waals surface area contributed by atoms with Gasteiger partial charge in [0.2, 0.25) is 11.8 Å². The second kappa shape index (κ2) is 10.1. The lowest BCUT2D eigenvalue weighted by Crippen LogP contribution is -2.38. The molecule has 0 bridgehead atoms. The van der Waals surface area contributed by atoms with Crippen LogP contribution in [0.4, 0.5) is 5.69 Å². The molecule has 0 heterocycles. The SMILES string of the molecule is CCCN(CC(=O)Nc1ccccc1C)C(=O)CCc1cccc(Br)c1. The second-order valence-corrected chi connectivity index (χ2v) is 7.22. The van der Waals surface area contributed by atoms with Crippen LogP contribution in [0, 0.1) is 6.92 Å². The topological polar surface area (TPSA) is 49.4 Å². The number of nitrogens with one attached hydrogen (secondary N) is 1. The lowest BCUT2D eigenvalue weighted by molar-refractivity contribution is -0.134. The summed E-state index contributed by atoms with van der Waals surface area (Å²) in [6, 6.07) is 15.6. The minimum Gasteiger partial charge on any atom is -0.333 e. The summed E-state index contributed by atoms with van der Waals surface area (Å²) in [5, 5.41) is 2.90. The second-order valence-electron chi connectivity index (χ2n) is 6.31. The van der Waals surface area contributed by atoms with Gasteiger partial charge in [0, 0.05) is 23.1 Å². The molecule has 2 aromatic rings. The molecule has 0 fully saturated rings. The number of anilines is 1. The number of amides is 2. The molecule has 0 saturated heterocycles. The molecule has 0 saturated carbocycles. The molecular formula is C21H25BrN2O2. The van der Waals surface area contributed by atoms with Crippen LogP contribution in [0.5, 0.6) is 0 Å². The fourth-order valence-corrected chi connectivity index (χ4v) is 3.19. The Morgan fingerprint density at radius 2 is 1.88 bits per heavy atom. The molecule has 26 heavy (non-hydrogen) atoms. The van der Waals surface area contributed by atoms with E-state index in [1.807, 2.05) is 62.4 Å². The number of rotatable bonds is 8. The van der Waals surface area contributed by atoms with Crippen molar-refractivity contribution in [2.45, 2.75) is 33.1 Å². The van der Waals surface area contributed by atoms with Crippen molar-refractivity contribution in [3.05, 3.63) is 64.1 Å². The summed E-state index contributed by atoms with van der Waals surface area (Å²) in [4.78, 5) is 26.6. The Balaban J connectivity index is 1.93. The van der Waals surface area contributed by atoms with Crippen LogP contribution >= 0.6 is 15.9 Å². The van der Waals surface area contributed by atoms with E-state index in [2.05, 4.69) is 21.2 Å². The van der Waals surface area contributed by atoms with Crippen LogP contribution in [0.25, 0.3) is 0 Å². The van der Waals surface area contributed by atoms with Crippen molar-refractivity contribution in [1.82, 2.24) is 4.90 Å². The molecule has 138 valence electrons. The molecule has 5 heteroatoms. The predicted molar refractivity (Wildman–Crippen MR) is 109 cm³/mol. The highest BCUT2D eigenvalue weighted by molar-refractivity contribution is 9.10. The number of hydrogen-bond acceptors (Lipinski definition) is 2. The van der Waals surface area contributed by atoms with Gasteiger partial charge >= 0.3 is 0 Å². The molecule has 0 unspecified atom stereocenters. The van der Waals surface area contributed by atoms with E-state index in [0.717, 1.165) is 27.7 Å². The van der Waals surface area contributed by atoms with E-state index < -0.39 is 0 Å². The zero-order chi connectivity index (χ0) is 18.9. The Hall–Kier alpha value is -2.14. The van der Waals surface area contributed by atoms with E-state index in [4.69, 9.17) is 0 Å². The largest absolute Gasteiger partial charge is 0.333 e. The lowest BCUT2D eigenvalue weighted by atomic mass is 10.1. The Morgan fingerprint density at radius 1 is 1.12 bits per heavy atom. The van der Waals surface area contributed by atoms with Crippen molar-refractivity contribution in [2.24, 2.45) is 0 Å². The summed E-state index contributed by atoms with van der Waals surface area (Å²) in [6.45, 7) is 4.62. The fourth-order valence-electron chi connectivity index (χ4n) is 2.74. The van der Waals surface area contributed by atoms with Gasteiger partial charge in [-0.25, -0.2) is 0 Å². The van der Waals surface area contributed by atoms with E-state index in [1.54, 1.807) is 4.90 Å². The molecule has 0 aliphatic rings. The van der Waals surface area contributed by atoms with Crippen molar-refractivity contribution < 1.29 is 9.59 Å². The summed E-state index contributed by atoms with van der Waals surface area (Å²) >= 11 is 3.44. The summed E-state index contributed by atoms with van der Waals surface area (Å²) in [5.74, 6) is -0.157. The van der Waals surface area contributed by atoms with Crippen LogP contribution in [-0.4, -0.2) is 29.8 Å². The average Bonchev–Trinajstić information content (AvgIpc) is 2.61. The van der Waals surface area contributed by atoms with E-state index in [1.165, 1.54) is 0 Å². The molecule has 2 aromatic carbocycles. The average molecular weight is 417 g/mol. The Kier molecular flexibility index (Phi) is 7.85. The van der Waals surface area contributed by atoms with Gasteiger partial charge in [-0.1, -0.05) is 53.2 Å². The van der Waals surface area contributed by atoms with E-state index in [9.17, 15) is 9.59 Å². The maximum atomic E-state index is 12.6. The van der Waals surface area contributed by atoms with Gasteiger partial charge in [-0.15, -0.1) is 0 Å². The molecule has 0 aliphatic carbocycles. The lowest BCUT2D eigenvalue weighted by Gasteiger charge is -2.22. The first-order valence-corrected chi connectivity index (χ1v) is 9.66. The van der Waals surface area contributed by atoms with Crippen LogP contribution < -0.4 is 5.32 Å². The van der Waals surface area contributed by atoms with Gasteiger partial charge in [0.1, 0.15) is 0 Å². The van der Waals surface area contributed by atoms with Crippen LogP contribution in [0.2, 0.25) is 0 Å². The molecule has 0 radical (unpaired) electrons. The summed E-state index contributed by atoms with van der Waals surface area (Å²) in [5.41, 5.74) is 2.90. The number of para-hydroxylation sites is 1. The van der Waals surface area contributed by atoms with Gasteiger partial charge in [-0.05, 0) is 49.1 Å².